The van der Waals surface area contributed by atoms with Gasteiger partial charge in [-0.25, -0.2) is 4.79 Å². The number of ether oxygens (including phenoxy) is 1. The van der Waals surface area contributed by atoms with Crippen LogP contribution in [0.2, 0.25) is 0 Å². The van der Waals surface area contributed by atoms with Crippen LogP contribution in [0.25, 0.3) is 0 Å². The standard InChI is InChI=1S/C23H31N3O4/c1-5-26-17(4)15-19(27)20(22(26)28)21(18-9-7-16(3)8-10-18)24-11-13-25(14-12-24)23(29)30-6-2/h7-10,15,21,27H,5-6,11-14H2,1-4H3/p+1/t21-/m1/s1. The van der Waals surface area contributed by atoms with Gasteiger partial charge in [0, 0.05) is 17.8 Å². The number of hydrogen-bond donors (Lipinski definition) is 2. The number of nitrogens with zero attached hydrogens (tertiary/aromatic N) is 2. The van der Waals surface area contributed by atoms with Gasteiger partial charge in [0.05, 0.1) is 32.8 Å². The molecule has 0 saturated carbocycles. The summed E-state index contributed by atoms with van der Waals surface area (Å²) in [5.41, 5.74) is 3.14. The smallest absolute Gasteiger partial charge is 0.410 e. The quantitative estimate of drug-likeness (QED) is 0.780. The van der Waals surface area contributed by atoms with E-state index in [9.17, 15) is 14.7 Å². The van der Waals surface area contributed by atoms with Crippen LogP contribution in [0.5, 0.6) is 5.75 Å². The van der Waals surface area contributed by atoms with E-state index in [-0.39, 0.29) is 23.4 Å². The van der Waals surface area contributed by atoms with Gasteiger partial charge in [0.15, 0.2) is 0 Å². The van der Waals surface area contributed by atoms with Crippen molar-refractivity contribution in [2.75, 3.05) is 32.8 Å². The van der Waals surface area contributed by atoms with Crippen molar-refractivity contribution in [1.29, 1.82) is 0 Å². The number of amides is 1. The Morgan fingerprint density at radius 3 is 2.37 bits per heavy atom. The lowest BCUT2D eigenvalue weighted by Gasteiger charge is -2.36. The van der Waals surface area contributed by atoms with E-state index < -0.39 is 0 Å². The highest BCUT2D eigenvalue weighted by Crippen LogP contribution is 2.26. The summed E-state index contributed by atoms with van der Waals surface area (Å²) in [4.78, 5) is 28.3. The predicted molar refractivity (Wildman–Crippen MR) is 115 cm³/mol. The predicted octanol–water partition coefficient (Wildman–Crippen LogP) is 1.64. The number of nitrogens with one attached hydrogen (secondary N) is 1. The summed E-state index contributed by atoms with van der Waals surface area (Å²) in [5.74, 6) is 0.0353. The molecule has 7 nitrogen and oxygen atoms in total. The van der Waals surface area contributed by atoms with Crippen LogP contribution >= 0.6 is 0 Å². The Balaban J connectivity index is 2.01. The molecule has 0 radical (unpaired) electrons. The number of aromatic hydroxyl groups is 1. The molecule has 2 aromatic rings. The number of hydrogen-bond acceptors (Lipinski definition) is 4. The van der Waals surface area contributed by atoms with Gasteiger partial charge in [0.25, 0.3) is 5.56 Å². The Bertz CT molecular complexity index is 944. The molecule has 2 N–H and O–H groups in total. The lowest BCUT2D eigenvalue weighted by Crippen LogP contribution is -3.15. The zero-order chi connectivity index (χ0) is 21.8. The summed E-state index contributed by atoms with van der Waals surface area (Å²) in [6, 6.07) is 9.48. The average Bonchev–Trinajstić information content (AvgIpc) is 2.72. The van der Waals surface area contributed by atoms with Gasteiger partial charge in [-0.15, -0.1) is 0 Å². The summed E-state index contributed by atoms with van der Waals surface area (Å²) < 4.78 is 6.82. The van der Waals surface area contributed by atoms with Crippen molar-refractivity contribution in [3.05, 3.63) is 63.1 Å². The monoisotopic (exact) mass is 414 g/mol. The van der Waals surface area contributed by atoms with Crippen LogP contribution in [0, 0.1) is 13.8 Å². The fourth-order valence-corrected chi connectivity index (χ4v) is 4.28. The van der Waals surface area contributed by atoms with Crippen molar-refractivity contribution in [3.8, 4) is 5.75 Å². The first-order chi connectivity index (χ1) is 14.4. The van der Waals surface area contributed by atoms with Crippen molar-refractivity contribution in [2.24, 2.45) is 0 Å². The average molecular weight is 415 g/mol. The Labute approximate surface area is 177 Å². The summed E-state index contributed by atoms with van der Waals surface area (Å²) in [7, 11) is 0. The summed E-state index contributed by atoms with van der Waals surface area (Å²) in [6.07, 6.45) is -0.296. The van der Waals surface area contributed by atoms with Crippen molar-refractivity contribution in [3.63, 3.8) is 0 Å². The van der Waals surface area contributed by atoms with E-state index in [1.807, 2.05) is 45.0 Å². The van der Waals surface area contributed by atoms with Gasteiger partial charge in [0.1, 0.15) is 17.4 Å². The Hall–Kier alpha value is -2.80. The van der Waals surface area contributed by atoms with Crippen LogP contribution in [-0.4, -0.2) is 53.5 Å². The number of rotatable bonds is 5. The third kappa shape index (κ3) is 4.36. The van der Waals surface area contributed by atoms with Crippen molar-refractivity contribution in [1.82, 2.24) is 9.47 Å². The minimum Gasteiger partial charge on any atom is -0.507 e. The first-order valence-electron chi connectivity index (χ1n) is 10.6. The molecule has 162 valence electrons. The lowest BCUT2D eigenvalue weighted by atomic mass is 9.95. The van der Waals surface area contributed by atoms with E-state index >= 15 is 0 Å². The van der Waals surface area contributed by atoms with Crippen LogP contribution < -0.4 is 10.5 Å². The zero-order valence-electron chi connectivity index (χ0n) is 18.3. The normalized spacial score (nSPS) is 15.8. The SMILES string of the molecule is CCOC(=O)N1CC[NH+]([C@H](c2ccc(C)cc2)c2c(O)cc(C)n(CC)c2=O)CC1. The highest BCUT2D eigenvalue weighted by Gasteiger charge is 2.35. The molecule has 0 aliphatic carbocycles. The first-order valence-corrected chi connectivity index (χ1v) is 10.6. The molecule has 3 rings (SSSR count). The minimum atomic E-state index is -0.305. The molecule has 1 atom stereocenters. The molecule has 1 amide bonds. The Kier molecular flexibility index (Phi) is 6.82. The minimum absolute atomic E-state index is 0.0353. The molecule has 1 fully saturated rings. The van der Waals surface area contributed by atoms with E-state index in [0.717, 1.165) is 21.7 Å². The van der Waals surface area contributed by atoms with Gasteiger partial charge in [-0.2, -0.15) is 0 Å². The molecule has 1 aliphatic heterocycles. The van der Waals surface area contributed by atoms with E-state index in [2.05, 4.69) is 0 Å². The number of quaternary nitrogens is 1. The Morgan fingerprint density at radius 2 is 1.80 bits per heavy atom. The second-order valence-corrected chi connectivity index (χ2v) is 7.82. The maximum Gasteiger partial charge on any atom is 0.410 e. The molecule has 1 saturated heterocycles. The third-order valence-electron chi connectivity index (χ3n) is 5.88. The third-order valence-corrected chi connectivity index (χ3v) is 5.88. The largest absolute Gasteiger partial charge is 0.507 e. The molecule has 30 heavy (non-hydrogen) atoms. The lowest BCUT2D eigenvalue weighted by molar-refractivity contribution is -0.929. The van der Waals surface area contributed by atoms with Crippen molar-refractivity contribution < 1.29 is 19.5 Å². The van der Waals surface area contributed by atoms with E-state index in [0.29, 0.717) is 44.9 Å². The molecule has 0 bridgehead atoms. The first kappa shape index (κ1) is 21.9. The van der Waals surface area contributed by atoms with Gasteiger partial charge < -0.3 is 19.3 Å². The molecule has 0 unspecified atom stereocenters. The Morgan fingerprint density at radius 1 is 1.17 bits per heavy atom. The van der Waals surface area contributed by atoms with Crippen molar-refractivity contribution >= 4 is 6.09 Å². The van der Waals surface area contributed by atoms with Crippen LogP contribution in [0.4, 0.5) is 4.79 Å². The van der Waals surface area contributed by atoms with E-state index in [1.165, 1.54) is 0 Å². The number of aryl methyl sites for hydroxylation is 2. The molecule has 1 aliphatic rings. The number of benzene rings is 1. The molecule has 1 aromatic heterocycles. The maximum absolute atomic E-state index is 13.3. The number of pyridine rings is 1. The van der Waals surface area contributed by atoms with Crippen LogP contribution in [0.1, 0.15) is 42.3 Å². The van der Waals surface area contributed by atoms with Gasteiger partial charge >= 0.3 is 6.09 Å². The van der Waals surface area contributed by atoms with Gasteiger partial charge in [0.2, 0.25) is 0 Å². The fourth-order valence-electron chi connectivity index (χ4n) is 4.28. The summed E-state index contributed by atoms with van der Waals surface area (Å²) >= 11 is 0. The van der Waals surface area contributed by atoms with Crippen molar-refractivity contribution in [2.45, 2.75) is 40.3 Å². The summed E-state index contributed by atoms with van der Waals surface area (Å²) in [6.45, 7) is 10.9. The second kappa shape index (κ2) is 9.34. The van der Waals surface area contributed by atoms with Crippen LogP contribution in [-0.2, 0) is 11.3 Å². The molecule has 1 aromatic carbocycles. The van der Waals surface area contributed by atoms with Crippen LogP contribution in [0.15, 0.2) is 35.1 Å². The highest BCUT2D eigenvalue weighted by atomic mass is 16.6. The second-order valence-electron chi connectivity index (χ2n) is 7.82. The maximum atomic E-state index is 13.3. The van der Waals surface area contributed by atoms with E-state index in [4.69, 9.17) is 4.74 Å². The number of aromatic nitrogens is 1. The van der Waals surface area contributed by atoms with Gasteiger partial charge in [-0.05, 0) is 33.8 Å². The van der Waals surface area contributed by atoms with Crippen LogP contribution in [0.3, 0.4) is 0 Å². The molecular formula is C23H32N3O4+. The number of carbonyl (C=O) groups excluding carboxylic acids is 1. The zero-order valence-corrected chi connectivity index (χ0v) is 18.3. The molecule has 7 heteroatoms. The molecule has 0 spiro atoms. The highest BCUT2D eigenvalue weighted by molar-refractivity contribution is 5.67. The topological polar surface area (TPSA) is 76.2 Å². The fraction of sp³-hybridized carbons (Fsp3) is 0.478. The van der Waals surface area contributed by atoms with Gasteiger partial charge in [-0.1, -0.05) is 29.8 Å². The molecular weight excluding hydrogens is 382 g/mol. The number of carbonyl (C=O) groups is 1. The molecule has 2 heterocycles. The number of piperazine rings is 1. The summed E-state index contributed by atoms with van der Waals surface area (Å²) in [5, 5.41) is 10.8. The van der Waals surface area contributed by atoms with E-state index in [1.54, 1.807) is 22.5 Å². The van der Waals surface area contributed by atoms with Gasteiger partial charge in [-0.3, -0.25) is 9.69 Å².